The van der Waals surface area contributed by atoms with Gasteiger partial charge in [0.15, 0.2) is 0 Å². The number of aliphatic hydroxyl groups excluding tert-OH is 2. The van der Waals surface area contributed by atoms with Crippen molar-refractivity contribution in [3.8, 4) is 0 Å². The van der Waals surface area contributed by atoms with Crippen molar-refractivity contribution in [3.05, 3.63) is 22.3 Å². The molecule has 0 bridgehead atoms. The molecule has 0 heterocycles. The van der Waals surface area contributed by atoms with Gasteiger partial charge in [0.05, 0.1) is 12.2 Å². The van der Waals surface area contributed by atoms with Crippen LogP contribution in [0.4, 0.5) is 0 Å². The molecule has 0 saturated heterocycles. The van der Waals surface area contributed by atoms with Gasteiger partial charge in [-0.1, -0.05) is 0 Å². The summed E-state index contributed by atoms with van der Waals surface area (Å²) in [7, 11) is 0. The van der Waals surface area contributed by atoms with Crippen molar-refractivity contribution in [1.29, 1.82) is 0 Å². The quantitative estimate of drug-likeness (QED) is 0.554. The molecule has 3 unspecified atom stereocenters. The number of carbonyl (C=O) groups is 1. The minimum atomic E-state index is -1.61. The van der Waals surface area contributed by atoms with Crippen LogP contribution in [0, 0.1) is 0 Å². The monoisotopic (exact) mass is 269 g/mol. The molecule has 0 aliphatic heterocycles. The molecule has 0 saturated carbocycles. The van der Waals surface area contributed by atoms with Crippen LogP contribution in [0.5, 0.6) is 0 Å². The van der Waals surface area contributed by atoms with Crippen LogP contribution < -0.4 is 5.73 Å². The zero-order valence-corrected chi connectivity index (χ0v) is 11.9. The molecule has 108 valence electrons. The van der Waals surface area contributed by atoms with E-state index in [4.69, 9.17) is 5.73 Å². The number of rotatable bonds is 4. The SMILES string of the molecule is CC1=C(C)C(O)C(CCC(C)(O)C(N)=O)=C(C)C1O. The molecular formula is C14H23NO4. The highest BCUT2D eigenvalue weighted by molar-refractivity contribution is 5.82. The van der Waals surface area contributed by atoms with Crippen LogP contribution in [-0.2, 0) is 4.79 Å². The van der Waals surface area contributed by atoms with Gasteiger partial charge in [0, 0.05) is 0 Å². The Kier molecular flexibility index (Phi) is 4.55. The second-order valence-corrected chi connectivity index (χ2v) is 5.52. The van der Waals surface area contributed by atoms with Crippen molar-refractivity contribution in [2.45, 2.75) is 58.3 Å². The van der Waals surface area contributed by atoms with Crippen molar-refractivity contribution >= 4 is 5.91 Å². The van der Waals surface area contributed by atoms with Crippen LogP contribution in [0.2, 0.25) is 0 Å². The van der Waals surface area contributed by atoms with Crippen LogP contribution in [-0.4, -0.2) is 39.0 Å². The predicted molar refractivity (Wildman–Crippen MR) is 72.1 cm³/mol. The normalized spacial score (nSPS) is 27.5. The number of hydrogen-bond donors (Lipinski definition) is 4. The van der Waals surface area contributed by atoms with Crippen molar-refractivity contribution in [3.63, 3.8) is 0 Å². The summed E-state index contributed by atoms with van der Waals surface area (Å²) in [5.74, 6) is -0.792. The second kappa shape index (κ2) is 5.45. The second-order valence-electron chi connectivity index (χ2n) is 5.52. The molecule has 1 aliphatic carbocycles. The van der Waals surface area contributed by atoms with Gasteiger partial charge in [0.2, 0.25) is 5.91 Å². The Balaban J connectivity index is 2.92. The van der Waals surface area contributed by atoms with Gasteiger partial charge in [-0.2, -0.15) is 0 Å². The van der Waals surface area contributed by atoms with Crippen molar-refractivity contribution < 1.29 is 20.1 Å². The average Bonchev–Trinajstić information content (AvgIpc) is 2.33. The van der Waals surface area contributed by atoms with E-state index in [0.717, 1.165) is 5.57 Å². The average molecular weight is 269 g/mol. The van der Waals surface area contributed by atoms with Crippen LogP contribution in [0.1, 0.15) is 40.5 Å². The van der Waals surface area contributed by atoms with Gasteiger partial charge in [-0.15, -0.1) is 0 Å². The van der Waals surface area contributed by atoms with E-state index in [0.29, 0.717) is 23.1 Å². The predicted octanol–water partition coefficient (Wildman–Crippen LogP) is 0.391. The summed E-state index contributed by atoms with van der Waals surface area (Å²) in [6, 6.07) is 0. The maximum absolute atomic E-state index is 11.1. The zero-order chi connectivity index (χ0) is 15.0. The highest BCUT2D eigenvalue weighted by atomic mass is 16.3. The van der Waals surface area contributed by atoms with Gasteiger partial charge in [-0.05, 0) is 62.8 Å². The first kappa shape index (κ1) is 15.9. The molecule has 1 rings (SSSR count). The summed E-state index contributed by atoms with van der Waals surface area (Å²) in [5.41, 5.74) is 6.28. The van der Waals surface area contributed by atoms with E-state index in [9.17, 15) is 20.1 Å². The standard InChI is InChI=1S/C14H23NO4/c1-7-8(2)12(17)10(9(3)11(7)16)5-6-14(4,19)13(15)18/h11-12,16-17,19H,5-6H2,1-4H3,(H2,15,18). The summed E-state index contributed by atoms with van der Waals surface area (Å²) in [5, 5.41) is 30.1. The molecule has 5 heteroatoms. The minimum Gasteiger partial charge on any atom is -0.384 e. The van der Waals surface area contributed by atoms with E-state index >= 15 is 0 Å². The molecule has 0 aromatic carbocycles. The summed E-state index contributed by atoms with van der Waals surface area (Å²) >= 11 is 0. The third-order valence-corrected chi connectivity index (χ3v) is 4.10. The molecule has 0 fully saturated rings. The Morgan fingerprint density at radius 1 is 1.16 bits per heavy atom. The number of carbonyl (C=O) groups excluding carboxylic acids is 1. The van der Waals surface area contributed by atoms with E-state index in [1.54, 1.807) is 20.8 Å². The van der Waals surface area contributed by atoms with Gasteiger partial charge in [0.25, 0.3) is 0 Å². The Morgan fingerprint density at radius 2 is 1.63 bits per heavy atom. The molecule has 19 heavy (non-hydrogen) atoms. The number of hydrogen-bond acceptors (Lipinski definition) is 4. The van der Waals surface area contributed by atoms with Gasteiger partial charge >= 0.3 is 0 Å². The Hall–Kier alpha value is -1.17. The number of primary amides is 1. The molecule has 5 N–H and O–H groups in total. The fourth-order valence-electron chi connectivity index (χ4n) is 2.24. The zero-order valence-electron chi connectivity index (χ0n) is 11.9. The highest BCUT2D eigenvalue weighted by Crippen LogP contribution is 2.33. The summed E-state index contributed by atoms with van der Waals surface area (Å²) in [6.07, 6.45) is -1.06. The molecule has 1 amide bonds. The Labute approximate surface area is 113 Å². The molecular weight excluding hydrogens is 246 g/mol. The summed E-state index contributed by atoms with van der Waals surface area (Å²) in [6.45, 7) is 6.65. The lowest BCUT2D eigenvalue weighted by molar-refractivity contribution is -0.135. The largest absolute Gasteiger partial charge is 0.384 e. The lowest BCUT2D eigenvalue weighted by atomic mass is 9.80. The third kappa shape index (κ3) is 3.05. The number of nitrogens with two attached hydrogens (primary N) is 1. The fraction of sp³-hybridized carbons (Fsp3) is 0.643. The van der Waals surface area contributed by atoms with Crippen LogP contribution in [0.3, 0.4) is 0 Å². The molecule has 0 spiro atoms. The highest BCUT2D eigenvalue weighted by Gasteiger charge is 2.32. The van der Waals surface area contributed by atoms with Crippen LogP contribution >= 0.6 is 0 Å². The van der Waals surface area contributed by atoms with E-state index in [1.165, 1.54) is 6.92 Å². The molecule has 0 radical (unpaired) electrons. The topological polar surface area (TPSA) is 104 Å². The van der Waals surface area contributed by atoms with Crippen molar-refractivity contribution in [1.82, 2.24) is 0 Å². The van der Waals surface area contributed by atoms with Crippen molar-refractivity contribution in [2.75, 3.05) is 0 Å². The first-order chi connectivity index (χ1) is 8.59. The van der Waals surface area contributed by atoms with E-state index < -0.39 is 23.7 Å². The van der Waals surface area contributed by atoms with Crippen LogP contribution in [0.15, 0.2) is 22.3 Å². The summed E-state index contributed by atoms with van der Waals surface area (Å²) < 4.78 is 0. The van der Waals surface area contributed by atoms with Crippen molar-refractivity contribution in [2.24, 2.45) is 5.73 Å². The lowest BCUT2D eigenvalue weighted by Gasteiger charge is -2.31. The van der Waals surface area contributed by atoms with Gasteiger partial charge in [-0.3, -0.25) is 4.79 Å². The Bertz CT molecular complexity index is 448. The Morgan fingerprint density at radius 3 is 2.11 bits per heavy atom. The van der Waals surface area contributed by atoms with Gasteiger partial charge in [-0.25, -0.2) is 0 Å². The number of amides is 1. The number of aliphatic hydroxyl groups is 3. The van der Waals surface area contributed by atoms with Crippen LogP contribution in [0.25, 0.3) is 0 Å². The molecule has 1 aliphatic rings. The first-order valence-corrected chi connectivity index (χ1v) is 6.34. The maximum Gasteiger partial charge on any atom is 0.249 e. The van der Waals surface area contributed by atoms with E-state index in [-0.39, 0.29) is 6.42 Å². The van der Waals surface area contributed by atoms with Gasteiger partial charge < -0.3 is 21.1 Å². The molecule has 5 nitrogen and oxygen atoms in total. The lowest BCUT2D eigenvalue weighted by Crippen LogP contribution is -2.41. The smallest absolute Gasteiger partial charge is 0.249 e. The molecule has 3 atom stereocenters. The van der Waals surface area contributed by atoms with Gasteiger partial charge in [0.1, 0.15) is 5.60 Å². The fourth-order valence-corrected chi connectivity index (χ4v) is 2.24. The molecule has 0 aromatic heterocycles. The first-order valence-electron chi connectivity index (χ1n) is 6.34. The summed E-state index contributed by atoms with van der Waals surface area (Å²) in [4.78, 5) is 11.1. The molecule has 0 aromatic rings. The van der Waals surface area contributed by atoms with E-state index in [2.05, 4.69) is 0 Å². The van der Waals surface area contributed by atoms with E-state index in [1.807, 2.05) is 0 Å². The third-order valence-electron chi connectivity index (χ3n) is 4.10. The maximum atomic E-state index is 11.1. The minimum absolute atomic E-state index is 0.116.